The van der Waals surface area contributed by atoms with Gasteiger partial charge in [-0.1, -0.05) is 24.3 Å². The first-order valence-corrected chi connectivity index (χ1v) is 11.2. The molecular weight excluding hydrogens is 408 g/mol. The van der Waals surface area contributed by atoms with Gasteiger partial charge >= 0.3 is 6.09 Å². The average Bonchev–Trinajstić information content (AvgIpc) is 3.20. The van der Waals surface area contributed by atoms with Crippen molar-refractivity contribution >= 4 is 33.2 Å². The summed E-state index contributed by atoms with van der Waals surface area (Å²) in [7, 11) is 4.11. The lowest BCUT2D eigenvalue weighted by Crippen LogP contribution is -2.44. The highest BCUT2D eigenvalue weighted by molar-refractivity contribution is 7.22. The van der Waals surface area contributed by atoms with Crippen molar-refractivity contribution in [3.05, 3.63) is 53.6 Å². The molecule has 4 rings (SSSR count). The normalized spacial score (nSPS) is 16.5. The van der Waals surface area contributed by atoms with Gasteiger partial charge in [-0.05, 0) is 56.3 Å². The molecule has 1 aliphatic heterocycles. The fourth-order valence-corrected chi connectivity index (χ4v) is 5.26. The van der Waals surface area contributed by atoms with Crippen LogP contribution >= 0.6 is 11.3 Å². The average molecular weight is 435 g/mol. The zero-order chi connectivity index (χ0) is 22.0. The predicted molar refractivity (Wildman–Crippen MR) is 126 cm³/mol. The van der Waals surface area contributed by atoms with E-state index in [-0.39, 0.29) is 6.04 Å². The van der Waals surface area contributed by atoms with Crippen LogP contribution in [0.3, 0.4) is 0 Å². The van der Waals surface area contributed by atoms with Crippen molar-refractivity contribution in [2.45, 2.75) is 25.4 Å². The van der Waals surface area contributed by atoms with E-state index in [0.717, 1.165) is 45.6 Å². The van der Waals surface area contributed by atoms with E-state index in [4.69, 9.17) is 0 Å². The number of thiophene rings is 1. The number of nitrogens with zero attached hydrogens (tertiary/aromatic N) is 3. The fourth-order valence-electron chi connectivity index (χ4n) is 4.11. The minimum atomic E-state index is -0.869. The summed E-state index contributed by atoms with van der Waals surface area (Å²) >= 11 is 1.63. The van der Waals surface area contributed by atoms with Crippen LogP contribution in [0.15, 0.2) is 42.5 Å². The Hall–Kier alpha value is -3.08. The second kappa shape index (κ2) is 8.96. The van der Waals surface area contributed by atoms with E-state index in [1.807, 2.05) is 12.1 Å². The molecule has 1 aliphatic rings. The fraction of sp³-hybridized carbons (Fsp3) is 0.333. The van der Waals surface area contributed by atoms with E-state index in [1.165, 1.54) is 10.5 Å². The number of rotatable bonds is 5. The second-order valence-corrected chi connectivity index (χ2v) is 9.32. The van der Waals surface area contributed by atoms with Crippen molar-refractivity contribution in [1.82, 2.24) is 9.80 Å². The predicted octanol–water partition coefficient (Wildman–Crippen LogP) is 5.06. The molecule has 1 aromatic heterocycles. The van der Waals surface area contributed by atoms with Crippen LogP contribution in [0.4, 0.5) is 10.5 Å². The third-order valence-electron chi connectivity index (χ3n) is 5.59. The van der Waals surface area contributed by atoms with Crippen LogP contribution in [0.25, 0.3) is 20.5 Å². The monoisotopic (exact) mass is 434 g/mol. The van der Waals surface area contributed by atoms with Crippen LogP contribution in [0, 0.1) is 11.3 Å². The molecule has 0 unspecified atom stereocenters. The molecule has 0 aliphatic carbocycles. The van der Waals surface area contributed by atoms with Gasteiger partial charge in [-0.3, -0.25) is 0 Å². The Bertz CT molecular complexity index is 1130. The molecular formula is C24H26N4O2S. The molecule has 3 aromatic rings. The maximum atomic E-state index is 11.4. The molecule has 2 heterocycles. The summed E-state index contributed by atoms with van der Waals surface area (Å²) < 4.78 is 0.964. The van der Waals surface area contributed by atoms with Crippen LogP contribution in [0.5, 0.6) is 0 Å². The van der Waals surface area contributed by atoms with E-state index < -0.39 is 6.09 Å². The Kier molecular flexibility index (Phi) is 6.12. The lowest BCUT2D eigenvalue weighted by atomic mass is 10.0. The van der Waals surface area contributed by atoms with E-state index in [0.29, 0.717) is 18.7 Å². The molecule has 7 heteroatoms. The Morgan fingerprint density at radius 2 is 2.06 bits per heavy atom. The smallest absolute Gasteiger partial charge is 0.407 e. The summed E-state index contributed by atoms with van der Waals surface area (Å²) in [6.45, 7) is 1.96. The van der Waals surface area contributed by atoms with Gasteiger partial charge in [0.15, 0.2) is 0 Å². The summed E-state index contributed by atoms with van der Waals surface area (Å²) in [5, 5.41) is 23.5. The number of piperidine rings is 1. The SMILES string of the molecule is CN(C)Cc1ccc(-c2cc3c(N[C@H]4CCCN(C(=O)O)C4)ccc(C#N)c3s2)cc1. The number of nitrogens with one attached hydrogen (secondary N) is 1. The van der Waals surface area contributed by atoms with Gasteiger partial charge in [0.2, 0.25) is 0 Å². The molecule has 0 bridgehead atoms. The molecule has 1 atom stereocenters. The number of amides is 1. The number of likely N-dealkylation sites (tertiary alicyclic amines) is 1. The molecule has 1 fully saturated rings. The third-order valence-corrected chi connectivity index (χ3v) is 6.81. The molecule has 2 N–H and O–H groups in total. The van der Waals surface area contributed by atoms with Gasteiger partial charge in [0, 0.05) is 41.6 Å². The summed E-state index contributed by atoms with van der Waals surface area (Å²) in [5.74, 6) is 0. The number of hydrogen-bond acceptors (Lipinski definition) is 5. The number of benzene rings is 2. The van der Waals surface area contributed by atoms with Crippen LogP contribution in [0.2, 0.25) is 0 Å². The summed E-state index contributed by atoms with van der Waals surface area (Å²) in [6.07, 6.45) is 0.903. The topological polar surface area (TPSA) is 79.6 Å². The third kappa shape index (κ3) is 4.66. The zero-order valence-electron chi connectivity index (χ0n) is 17.8. The molecule has 160 valence electrons. The molecule has 31 heavy (non-hydrogen) atoms. The van der Waals surface area contributed by atoms with Crippen LogP contribution in [0.1, 0.15) is 24.0 Å². The quantitative estimate of drug-likeness (QED) is 0.587. The van der Waals surface area contributed by atoms with Crippen molar-refractivity contribution < 1.29 is 9.90 Å². The maximum Gasteiger partial charge on any atom is 0.407 e. The van der Waals surface area contributed by atoms with Crippen LogP contribution < -0.4 is 5.32 Å². The number of hydrogen-bond donors (Lipinski definition) is 2. The highest BCUT2D eigenvalue weighted by Gasteiger charge is 2.24. The van der Waals surface area contributed by atoms with Crippen molar-refractivity contribution in [2.24, 2.45) is 0 Å². The van der Waals surface area contributed by atoms with E-state index in [1.54, 1.807) is 11.3 Å². The Balaban J connectivity index is 1.65. The second-order valence-electron chi connectivity index (χ2n) is 8.27. The minimum Gasteiger partial charge on any atom is -0.465 e. The number of carboxylic acid groups (broad SMARTS) is 1. The molecule has 0 saturated carbocycles. The van der Waals surface area contributed by atoms with Gasteiger partial charge in [-0.2, -0.15) is 5.26 Å². The van der Waals surface area contributed by atoms with Crippen LogP contribution in [-0.2, 0) is 6.54 Å². The summed E-state index contributed by atoms with van der Waals surface area (Å²) in [5.41, 5.74) is 4.01. The van der Waals surface area contributed by atoms with Gasteiger partial charge < -0.3 is 20.2 Å². The van der Waals surface area contributed by atoms with Crippen molar-refractivity contribution in [2.75, 3.05) is 32.5 Å². The first kappa shape index (κ1) is 21.2. The highest BCUT2D eigenvalue weighted by atomic mass is 32.1. The van der Waals surface area contributed by atoms with Gasteiger partial charge in [0.25, 0.3) is 0 Å². The van der Waals surface area contributed by atoms with Crippen molar-refractivity contribution in [3.8, 4) is 16.5 Å². The Morgan fingerprint density at radius 1 is 1.29 bits per heavy atom. The molecule has 6 nitrogen and oxygen atoms in total. The zero-order valence-corrected chi connectivity index (χ0v) is 18.6. The largest absolute Gasteiger partial charge is 0.465 e. The number of fused-ring (bicyclic) bond motifs is 1. The molecule has 0 spiro atoms. The van der Waals surface area contributed by atoms with E-state index in [2.05, 4.69) is 60.7 Å². The van der Waals surface area contributed by atoms with Crippen molar-refractivity contribution in [3.63, 3.8) is 0 Å². The maximum absolute atomic E-state index is 11.4. The standard InChI is InChI=1S/C24H26N4O2S/c1-27(2)14-16-5-7-17(8-6-16)22-12-20-21(10-9-18(13-25)23(20)31-22)26-19-4-3-11-28(15-19)24(29)30/h5-10,12,19,26H,3-4,11,14-15H2,1-2H3,(H,29,30)/t19-/m0/s1. The molecule has 2 aromatic carbocycles. The van der Waals surface area contributed by atoms with Gasteiger partial charge in [-0.15, -0.1) is 11.3 Å². The number of anilines is 1. The van der Waals surface area contributed by atoms with Gasteiger partial charge in [0.1, 0.15) is 6.07 Å². The highest BCUT2D eigenvalue weighted by Crippen LogP contribution is 2.39. The molecule has 1 saturated heterocycles. The van der Waals surface area contributed by atoms with E-state index in [9.17, 15) is 15.2 Å². The van der Waals surface area contributed by atoms with Crippen molar-refractivity contribution in [1.29, 1.82) is 5.26 Å². The van der Waals surface area contributed by atoms with Crippen LogP contribution in [-0.4, -0.2) is 54.2 Å². The summed E-state index contributed by atoms with van der Waals surface area (Å²) in [6, 6.07) is 16.9. The number of nitriles is 1. The number of carbonyl (C=O) groups is 1. The van der Waals surface area contributed by atoms with Gasteiger partial charge in [0.05, 0.1) is 10.3 Å². The Morgan fingerprint density at radius 3 is 2.74 bits per heavy atom. The first-order chi connectivity index (χ1) is 14.9. The Labute approximate surface area is 186 Å². The lowest BCUT2D eigenvalue weighted by molar-refractivity contribution is 0.133. The minimum absolute atomic E-state index is 0.0645. The summed E-state index contributed by atoms with van der Waals surface area (Å²) in [4.78, 5) is 16.1. The van der Waals surface area contributed by atoms with E-state index >= 15 is 0 Å². The molecule has 0 radical (unpaired) electrons. The first-order valence-electron chi connectivity index (χ1n) is 10.4. The lowest BCUT2D eigenvalue weighted by Gasteiger charge is -2.32. The molecule has 1 amide bonds. The van der Waals surface area contributed by atoms with Gasteiger partial charge in [-0.25, -0.2) is 4.79 Å².